The van der Waals surface area contributed by atoms with Crippen molar-refractivity contribution in [1.29, 1.82) is 0 Å². The number of halogens is 3. The van der Waals surface area contributed by atoms with Crippen LogP contribution in [0.25, 0.3) is 0 Å². The monoisotopic (exact) mass is 545 g/mol. The summed E-state index contributed by atoms with van der Waals surface area (Å²) < 4.78 is 49.9. The van der Waals surface area contributed by atoms with Crippen LogP contribution in [-0.2, 0) is 9.53 Å². The predicted octanol–water partition coefficient (Wildman–Crippen LogP) is 4.32. The van der Waals surface area contributed by atoms with Gasteiger partial charge in [0.15, 0.2) is 0 Å². The van der Waals surface area contributed by atoms with Crippen molar-refractivity contribution < 1.29 is 37.3 Å². The lowest BCUT2D eigenvalue weighted by Crippen LogP contribution is -2.47. The zero-order chi connectivity index (χ0) is 28.5. The number of carbonyl (C=O) groups is 2. The van der Waals surface area contributed by atoms with Gasteiger partial charge in [-0.25, -0.2) is 0 Å². The lowest BCUT2D eigenvalue weighted by atomic mass is 10.0. The molecule has 2 amide bonds. The minimum Gasteiger partial charge on any atom is -0.490 e. The Morgan fingerprint density at radius 3 is 2.61 bits per heavy atom. The molecular formula is C27H42F3N3O5. The van der Waals surface area contributed by atoms with Crippen LogP contribution >= 0.6 is 0 Å². The molecule has 11 heteroatoms. The Kier molecular flexibility index (Phi) is 12.3. The third kappa shape index (κ3) is 10.4. The second-order valence-corrected chi connectivity index (χ2v) is 10.4. The highest BCUT2D eigenvalue weighted by Crippen LogP contribution is 2.29. The number of nitrogens with one attached hydrogen (secondary N) is 1. The molecular weight excluding hydrogens is 503 g/mol. The van der Waals surface area contributed by atoms with Crippen molar-refractivity contribution in [3.63, 3.8) is 0 Å². The van der Waals surface area contributed by atoms with Gasteiger partial charge in [-0.2, -0.15) is 13.2 Å². The Morgan fingerprint density at radius 1 is 1.26 bits per heavy atom. The summed E-state index contributed by atoms with van der Waals surface area (Å²) in [5, 5.41) is 12.4. The SMILES string of the molecule is C[C@H](CO)N1C[C@H](C)[C@H](CN(C)C)OCCCC[C@H](C)Oc2ccc(NC(=O)CCC(F)(F)F)cc2C1=O. The predicted molar refractivity (Wildman–Crippen MR) is 139 cm³/mol. The first-order valence-corrected chi connectivity index (χ1v) is 13.2. The van der Waals surface area contributed by atoms with Crippen LogP contribution in [0.2, 0.25) is 0 Å². The second-order valence-electron chi connectivity index (χ2n) is 10.4. The summed E-state index contributed by atoms with van der Waals surface area (Å²) in [6, 6.07) is 3.97. The Morgan fingerprint density at radius 2 is 1.97 bits per heavy atom. The van der Waals surface area contributed by atoms with Crippen LogP contribution in [0.15, 0.2) is 18.2 Å². The molecule has 0 aliphatic carbocycles. The summed E-state index contributed by atoms with van der Waals surface area (Å²) in [6.45, 7) is 6.93. The first-order valence-electron chi connectivity index (χ1n) is 13.2. The number of rotatable bonds is 7. The molecule has 1 aromatic carbocycles. The smallest absolute Gasteiger partial charge is 0.389 e. The molecule has 0 saturated carbocycles. The maximum absolute atomic E-state index is 13.9. The van der Waals surface area contributed by atoms with E-state index in [1.807, 2.05) is 32.8 Å². The number of hydrogen-bond acceptors (Lipinski definition) is 6. The van der Waals surface area contributed by atoms with E-state index in [2.05, 4.69) is 5.32 Å². The molecule has 0 radical (unpaired) electrons. The van der Waals surface area contributed by atoms with E-state index >= 15 is 0 Å². The second kappa shape index (κ2) is 14.7. The fourth-order valence-corrected chi connectivity index (χ4v) is 4.30. The number of hydrogen-bond donors (Lipinski definition) is 2. The molecule has 2 N–H and O–H groups in total. The molecule has 8 nitrogen and oxygen atoms in total. The van der Waals surface area contributed by atoms with E-state index in [0.717, 1.165) is 19.3 Å². The van der Waals surface area contributed by atoms with Crippen molar-refractivity contribution in [3.8, 4) is 5.75 Å². The number of fused-ring (bicyclic) bond motifs is 1. The van der Waals surface area contributed by atoms with Crippen molar-refractivity contribution in [2.75, 3.05) is 45.7 Å². The number of aliphatic hydroxyl groups is 1. The summed E-state index contributed by atoms with van der Waals surface area (Å²) in [5.74, 6) is -0.959. The van der Waals surface area contributed by atoms with Crippen molar-refractivity contribution in [2.24, 2.45) is 5.92 Å². The van der Waals surface area contributed by atoms with E-state index in [1.54, 1.807) is 17.9 Å². The van der Waals surface area contributed by atoms with Crippen LogP contribution < -0.4 is 10.1 Å². The molecule has 0 spiro atoms. The number of ether oxygens (including phenoxy) is 2. The fourth-order valence-electron chi connectivity index (χ4n) is 4.30. The Balaban J connectivity index is 2.43. The van der Waals surface area contributed by atoms with Gasteiger partial charge in [-0.1, -0.05) is 6.92 Å². The van der Waals surface area contributed by atoms with Gasteiger partial charge in [0, 0.05) is 37.7 Å². The van der Waals surface area contributed by atoms with E-state index in [4.69, 9.17) is 9.47 Å². The number of aliphatic hydroxyl groups excluding tert-OH is 1. The molecule has 1 aliphatic rings. The lowest BCUT2D eigenvalue weighted by molar-refractivity contribution is -0.142. The van der Waals surface area contributed by atoms with E-state index in [1.165, 1.54) is 12.1 Å². The summed E-state index contributed by atoms with van der Waals surface area (Å²) in [5.41, 5.74) is 0.361. The topological polar surface area (TPSA) is 91.3 Å². The molecule has 4 atom stereocenters. The number of alkyl halides is 3. The standard InChI is InChI=1S/C27H42F3N3O5/c1-18-15-33(19(2)17-34)26(36)22-14-21(31-25(35)11-12-27(28,29)30)9-10-23(22)38-20(3)8-6-7-13-37-24(18)16-32(4)5/h9-10,14,18-20,24,34H,6-8,11-13,15-17H2,1-5H3,(H,31,35)/t18-,19+,20-,24-/m0/s1. The van der Waals surface area contributed by atoms with E-state index in [0.29, 0.717) is 25.4 Å². The van der Waals surface area contributed by atoms with Crippen LogP contribution in [-0.4, -0.2) is 91.5 Å². The van der Waals surface area contributed by atoms with Crippen LogP contribution in [0.3, 0.4) is 0 Å². The third-order valence-electron chi connectivity index (χ3n) is 6.52. The molecule has 38 heavy (non-hydrogen) atoms. The van der Waals surface area contributed by atoms with Gasteiger partial charge < -0.3 is 29.7 Å². The average molecular weight is 546 g/mol. The summed E-state index contributed by atoms with van der Waals surface area (Å²) in [6.07, 6.45) is -4.29. The number of carbonyl (C=O) groups excluding carboxylic acids is 2. The number of benzene rings is 1. The minimum absolute atomic E-state index is 0.0631. The summed E-state index contributed by atoms with van der Waals surface area (Å²) in [7, 11) is 3.92. The lowest BCUT2D eigenvalue weighted by Gasteiger charge is -2.35. The third-order valence-corrected chi connectivity index (χ3v) is 6.52. The molecule has 1 heterocycles. The molecule has 0 aromatic heterocycles. The van der Waals surface area contributed by atoms with Crippen molar-refractivity contribution in [1.82, 2.24) is 9.80 Å². The van der Waals surface area contributed by atoms with Crippen LogP contribution in [0, 0.1) is 5.92 Å². The molecule has 1 aliphatic heterocycles. The van der Waals surface area contributed by atoms with Gasteiger partial charge in [-0.15, -0.1) is 0 Å². The first-order chi connectivity index (χ1) is 17.8. The molecule has 216 valence electrons. The van der Waals surface area contributed by atoms with E-state index in [-0.39, 0.29) is 36.0 Å². The van der Waals surface area contributed by atoms with Gasteiger partial charge in [-0.3, -0.25) is 9.59 Å². The molecule has 0 bridgehead atoms. The molecule has 0 unspecified atom stereocenters. The van der Waals surface area contributed by atoms with Crippen LogP contribution in [0.4, 0.5) is 18.9 Å². The van der Waals surface area contributed by atoms with Gasteiger partial charge >= 0.3 is 6.18 Å². The number of anilines is 1. The number of amides is 2. The Hall–Kier alpha value is -2.37. The molecule has 2 rings (SSSR count). The van der Waals surface area contributed by atoms with Gasteiger partial charge in [-0.05, 0) is 65.4 Å². The minimum atomic E-state index is -4.44. The van der Waals surface area contributed by atoms with Gasteiger partial charge in [0.1, 0.15) is 5.75 Å². The molecule has 0 saturated heterocycles. The quantitative estimate of drug-likeness (QED) is 0.530. The fraction of sp³-hybridized carbons (Fsp3) is 0.704. The largest absolute Gasteiger partial charge is 0.490 e. The van der Waals surface area contributed by atoms with Gasteiger partial charge in [0.2, 0.25) is 5.91 Å². The molecule has 0 fully saturated rings. The van der Waals surface area contributed by atoms with Crippen LogP contribution in [0.5, 0.6) is 5.75 Å². The zero-order valence-electron chi connectivity index (χ0n) is 23.0. The van der Waals surface area contributed by atoms with Crippen molar-refractivity contribution in [2.45, 2.75) is 77.3 Å². The first kappa shape index (κ1) is 31.8. The average Bonchev–Trinajstić information content (AvgIpc) is 2.83. The Labute approximate surface area is 223 Å². The van der Waals surface area contributed by atoms with E-state index < -0.39 is 36.9 Å². The van der Waals surface area contributed by atoms with Crippen LogP contribution in [0.1, 0.15) is 63.2 Å². The van der Waals surface area contributed by atoms with Gasteiger partial charge in [0.05, 0.1) is 36.8 Å². The highest BCUT2D eigenvalue weighted by atomic mass is 19.4. The Bertz CT molecular complexity index is 912. The highest BCUT2D eigenvalue weighted by molar-refractivity contribution is 5.99. The zero-order valence-corrected chi connectivity index (χ0v) is 23.0. The maximum Gasteiger partial charge on any atom is 0.389 e. The van der Waals surface area contributed by atoms with E-state index in [9.17, 15) is 27.9 Å². The maximum atomic E-state index is 13.9. The van der Waals surface area contributed by atoms with Crippen molar-refractivity contribution in [3.05, 3.63) is 23.8 Å². The molecule has 1 aromatic rings. The summed E-state index contributed by atoms with van der Waals surface area (Å²) in [4.78, 5) is 29.6. The number of nitrogens with zero attached hydrogens (tertiary/aromatic N) is 2. The normalized spacial score (nSPS) is 22.8. The number of likely N-dealkylation sites (N-methyl/N-ethyl adjacent to an activating group) is 1. The van der Waals surface area contributed by atoms with Gasteiger partial charge in [0.25, 0.3) is 5.91 Å². The summed E-state index contributed by atoms with van der Waals surface area (Å²) >= 11 is 0. The van der Waals surface area contributed by atoms with Crippen molar-refractivity contribution >= 4 is 17.5 Å². The highest BCUT2D eigenvalue weighted by Gasteiger charge is 2.31.